The summed E-state index contributed by atoms with van der Waals surface area (Å²) in [5, 5.41) is 12.6. The smallest absolute Gasteiger partial charge is 0.338 e. The van der Waals surface area contributed by atoms with Crippen molar-refractivity contribution >= 4 is 40.9 Å². The Morgan fingerprint density at radius 2 is 1.62 bits per heavy atom. The Bertz CT molecular complexity index is 1240. The molecule has 3 aromatic rings. The van der Waals surface area contributed by atoms with Crippen molar-refractivity contribution < 1.29 is 24.2 Å². The van der Waals surface area contributed by atoms with E-state index in [1.807, 2.05) is 37.3 Å². The lowest BCUT2D eigenvalue weighted by Gasteiger charge is -2.16. The molecule has 0 atom stereocenters. The summed E-state index contributed by atoms with van der Waals surface area (Å²) in [5.74, 6) is -1.36. The van der Waals surface area contributed by atoms with Crippen LogP contribution < -0.4 is 10.2 Å². The van der Waals surface area contributed by atoms with Crippen LogP contribution >= 0.6 is 11.8 Å². The molecule has 2 amide bonds. The summed E-state index contributed by atoms with van der Waals surface area (Å²) in [6, 6.07) is 21.6. The average molecular weight is 475 g/mol. The molecule has 0 saturated carbocycles. The van der Waals surface area contributed by atoms with Gasteiger partial charge < -0.3 is 15.2 Å². The van der Waals surface area contributed by atoms with Gasteiger partial charge in [0.2, 0.25) is 0 Å². The fraction of sp³-hybridized carbons (Fsp3) is 0.115. The molecule has 1 aliphatic heterocycles. The van der Waals surface area contributed by atoms with Crippen molar-refractivity contribution in [3.8, 4) is 5.75 Å². The highest BCUT2D eigenvalue weighted by molar-refractivity contribution is 8.04. The number of carbonyl (C=O) groups is 3. The Hall–Kier alpha value is -4.04. The topological polar surface area (TPSA) is 95.9 Å². The monoisotopic (exact) mass is 474 g/mol. The molecular weight excluding hydrogens is 452 g/mol. The van der Waals surface area contributed by atoms with Crippen molar-refractivity contribution in [2.45, 2.75) is 18.2 Å². The molecule has 0 bridgehead atoms. The van der Waals surface area contributed by atoms with Crippen molar-refractivity contribution in [1.82, 2.24) is 0 Å². The number of phenolic OH excluding ortho intramolecular Hbond substituents is 1. The van der Waals surface area contributed by atoms with Crippen LogP contribution in [0.3, 0.4) is 0 Å². The number of nitrogens with zero attached hydrogens (tertiary/aromatic N) is 1. The van der Waals surface area contributed by atoms with Gasteiger partial charge >= 0.3 is 5.97 Å². The molecule has 0 radical (unpaired) electrons. The summed E-state index contributed by atoms with van der Waals surface area (Å²) in [6.45, 7) is 2.22. The van der Waals surface area contributed by atoms with E-state index >= 15 is 0 Å². The Kier molecular flexibility index (Phi) is 6.98. The molecule has 0 unspecified atom stereocenters. The minimum Gasteiger partial charge on any atom is -0.508 e. The van der Waals surface area contributed by atoms with Gasteiger partial charge in [-0.2, -0.15) is 0 Å². The molecule has 0 spiro atoms. The predicted octanol–water partition coefficient (Wildman–Crippen LogP) is 4.95. The second-order valence-corrected chi connectivity index (χ2v) is 8.50. The van der Waals surface area contributed by atoms with E-state index in [4.69, 9.17) is 4.74 Å². The van der Waals surface area contributed by atoms with E-state index in [-0.39, 0.29) is 16.4 Å². The Labute approximate surface area is 201 Å². The van der Waals surface area contributed by atoms with E-state index in [9.17, 15) is 19.5 Å². The van der Waals surface area contributed by atoms with Gasteiger partial charge in [-0.3, -0.25) is 9.59 Å². The van der Waals surface area contributed by atoms with Gasteiger partial charge in [0.25, 0.3) is 11.8 Å². The van der Waals surface area contributed by atoms with E-state index < -0.39 is 17.8 Å². The van der Waals surface area contributed by atoms with Crippen LogP contribution in [0.15, 0.2) is 94.4 Å². The van der Waals surface area contributed by atoms with Gasteiger partial charge in [0.05, 0.1) is 17.9 Å². The maximum absolute atomic E-state index is 13.4. The lowest BCUT2D eigenvalue weighted by Crippen LogP contribution is -2.32. The molecule has 0 fully saturated rings. The number of aromatic hydroxyl groups is 1. The first-order valence-corrected chi connectivity index (χ1v) is 11.5. The lowest BCUT2D eigenvalue weighted by atomic mass is 10.2. The molecule has 8 heteroatoms. The minimum atomic E-state index is -0.516. The van der Waals surface area contributed by atoms with Crippen LogP contribution in [0.25, 0.3) is 0 Å². The molecule has 1 heterocycles. The van der Waals surface area contributed by atoms with Gasteiger partial charge in [0.15, 0.2) is 0 Å². The summed E-state index contributed by atoms with van der Waals surface area (Å²) in [7, 11) is 0. The van der Waals surface area contributed by atoms with Crippen LogP contribution in [0.4, 0.5) is 11.4 Å². The van der Waals surface area contributed by atoms with Crippen molar-refractivity contribution in [1.29, 1.82) is 0 Å². The molecule has 172 valence electrons. The number of carbonyl (C=O) groups excluding carboxylic acids is 3. The first-order chi connectivity index (χ1) is 16.5. The highest BCUT2D eigenvalue weighted by Gasteiger charge is 2.40. The van der Waals surface area contributed by atoms with Gasteiger partial charge in [-0.1, -0.05) is 36.9 Å². The van der Waals surface area contributed by atoms with Crippen LogP contribution in [0, 0.1) is 0 Å². The number of anilines is 2. The number of phenols is 1. The molecule has 0 saturated heterocycles. The highest BCUT2D eigenvalue weighted by Crippen LogP contribution is 2.38. The van der Waals surface area contributed by atoms with E-state index in [1.54, 1.807) is 24.3 Å². The third-order valence-electron chi connectivity index (χ3n) is 4.94. The third-order valence-corrected chi connectivity index (χ3v) is 6.03. The Morgan fingerprint density at radius 1 is 0.941 bits per heavy atom. The summed E-state index contributed by atoms with van der Waals surface area (Å²) in [6.07, 6.45) is 0.713. The standard InChI is InChI=1S/C26H22N2O5S/c1-2-16-33-26(32)17-8-12-19(13-9-17)28-24(30)22(27-18-10-14-20(29)15-11-18)23(25(28)31)34-21-6-4-3-5-7-21/h3-15,27,29H,2,16H2,1H3. The lowest BCUT2D eigenvalue weighted by molar-refractivity contribution is -0.120. The zero-order valence-corrected chi connectivity index (χ0v) is 19.2. The quantitative estimate of drug-likeness (QED) is 0.271. The molecular formula is C26H22N2O5S. The second kappa shape index (κ2) is 10.3. The number of hydrogen-bond acceptors (Lipinski definition) is 7. The zero-order valence-electron chi connectivity index (χ0n) is 18.4. The molecule has 1 aliphatic rings. The fourth-order valence-electron chi connectivity index (χ4n) is 3.27. The summed E-state index contributed by atoms with van der Waals surface area (Å²) in [5.41, 5.74) is 1.37. The number of amides is 2. The number of benzene rings is 3. The summed E-state index contributed by atoms with van der Waals surface area (Å²) in [4.78, 5) is 41.0. The van der Waals surface area contributed by atoms with Crippen LogP contribution in [0.5, 0.6) is 5.75 Å². The zero-order chi connectivity index (χ0) is 24.1. The number of rotatable bonds is 8. The molecule has 2 N–H and O–H groups in total. The molecule has 7 nitrogen and oxygen atoms in total. The number of imide groups is 1. The number of thioether (sulfide) groups is 1. The van der Waals surface area contributed by atoms with Crippen LogP contribution in [-0.2, 0) is 14.3 Å². The van der Waals surface area contributed by atoms with Crippen LogP contribution in [0.2, 0.25) is 0 Å². The Balaban J connectivity index is 1.64. The maximum atomic E-state index is 13.4. The van der Waals surface area contributed by atoms with E-state index in [1.165, 1.54) is 36.0 Å². The predicted molar refractivity (Wildman–Crippen MR) is 131 cm³/mol. The fourth-order valence-corrected chi connectivity index (χ4v) is 4.22. The van der Waals surface area contributed by atoms with Crippen molar-refractivity contribution in [3.05, 3.63) is 95.0 Å². The largest absolute Gasteiger partial charge is 0.508 e. The first-order valence-electron chi connectivity index (χ1n) is 10.7. The maximum Gasteiger partial charge on any atom is 0.338 e. The van der Waals surface area contributed by atoms with E-state index in [0.717, 1.165) is 9.80 Å². The van der Waals surface area contributed by atoms with E-state index in [0.29, 0.717) is 30.0 Å². The summed E-state index contributed by atoms with van der Waals surface area (Å²) >= 11 is 1.19. The number of esters is 1. The average Bonchev–Trinajstić information content (AvgIpc) is 3.08. The molecule has 34 heavy (non-hydrogen) atoms. The van der Waals surface area contributed by atoms with Crippen molar-refractivity contribution in [3.63, 3.8) is 0 Å². The normalized spacial score (nSPS) is 13.4. The van der Waals surface area contributed by atoms with Gasteiger partial charge in [0.1, 0.15) is 16.4 Å². The highest BCUT2D eigenvalue weighted by atomic mass is 32.2. The summed E-state index contributed by atoms with van der Waals surface area (Å²) < 4.78 is 5.13. The second-order valence-electron chi connectivity index (χ2n) is 7.42. The molecule has 4 rings (SSSR count). The van der Waals surface area contributed by atoms with Gasteiger partial charge in [-0.15, -0.1) is 0 Å². The van der Waals surface area contributed by atoms with Crippen molar-refractivity contribution in [2.75, 3.05) is 16.8 Å². The SMILES string of the molecule is CCCOC(=O)c1ccc(N2C(=O)C(Nc3ccc(O)cc3)=C(Sc3ccccc3)C2=O)cc1. The van der Waals surface area contributed by atoms with Crippen LogP contribution in [0.1, 0.15) is 23.7 Å². The minimum absolute atomic E-state index is 0.0893. The number of ether oxygens (including phenoxy) is 1. The van der Waals surface area contributed by atoms with Crippen LogP contribution in [-0.4, -0.2) is 29.5 Å². The third kappa shape index (κ3) is 4.97. The number of nitrogens with one attached hydrogen (secondary N) is 1. The molecule has 0 aromatic heterocycles. The van der Waals surface area contributed by atoms with Gasteiger partial charge in [0, 0.05) is 10.6 Å². The van der Waals surface area contributed by atoms with E-state index in [2.05, 4.69) is 5.32 Å². The van der Waals surface area contributed by atoms with Gasteiger partial charge in [-0.05, 0) is 67.1 Å². The Morgan fingerprint density at radius 3 is 2.26 bits per heavy atom. The number of hydrogen-bond donors (Lipinski definition) is 2. The molecule has 3 aromatic carbocycles. The van der Waals surface area contributed by atoms with Crippen molar-refractivity contribution in [2.24, 2.45) is 0 Å². The van der Waals surface area contributed by atoms with Gasteiger partial charge in [-0.25, -0.2) is 9.69 Å². The first kappa shape index (κ1) is 23.1. The molecule has 0 aliphatic carbocycles.